The van der Waals surface area contributed by atoms with E-state index in [1.165, 1.54) is 14.2 Å². The molecule has 0 N–H and O–H groups in total. The average molecular weight is 251 g/mol. The second-order valence-corrected chi connectivity index (χ2v) is 5.63. The topological polar surface area (TPSA) is 44.8 Å². The molecule has 2 aliphatic carbocycles. The largest absolute Gasteiger partial charge is 0.529 e. The molecule has 2 aliphatic rings. The fraction of sp³-hybridized carbons (Fsp3) is 0.556. The van der Waals surface area contributed by atoms with Crippen LogP contribution >= 0.6 is 19.4 Å². The second-order valence-electron chi connectivity index (χ2n) is 3.41. The van der Waals surface area contributed by atoms with Crippen LogP contribution in [0.25, 0.3) is 0 Å². The van der Waals surface area contributed by atoms with Crippen molar-refractivity contribution in [3.63, 3.8) is 0 Å². The number of allylic oxidation sites excluding steroid dienone is 4. The van der Waals surface area contributed by atoms with Crippen LogP contribution in [-0.4, -0.2) is 14.2 Å². The van der Waals surface area contributed by atoms with Gasteiger partial charge in [0.1, 0.15) is 5.76 Å². The first-order valence-corrected chi connectivity index (χ1v) is 6.42. The maximum atomic E-state index is 11.7. The summed E-state index contributed by atoms with van der Waals surface area (Å²) in [4.78, 5) is 0. The molecule has 2 rings (SSSR count). The number of phosphoric ester groups is 1. The molecule has 4 nitrogen and oxygen atoms in total. The van der Waals surface area contributed by atoms with E-state index in [1.807, 2.05) is 12.2 Å². The first-order chi connectivity index (χ1) is 7.11. The highest BCUT2D eigenvalue weighted by Gasteiger charge is 2.45. The van der Waals surface area contributed by atoms with Gasteiger partial charge in [0.05, 0.1) is 5.03 Å². The van der Waals surface area contributed by atoms with Crippen molar-refractivity contribution >= 4 is 19.4 Å². The highest BCUT2D eigenvalue weighted by Crippen LogP contribution is 2.58. The monoisotopic (exact) mass is 250 g/mol. The predicted molar refractivity (Wildman–Crippen MR) is 56.3 cm³/mol. The van der Waals surface area contributed by atoms with Gasteiger partial charge in [-0.3, -0.25) is 9.05 Å². The van der Waals surface area contributed by atoms with Gasteiger partial charge in [-0.25, -0.2) is 4.57 Å². The molecular weight excluding hydrogens is 239 g/mol. The van der Waals surface area contributed by atoms with Crippen molar-refractivity contribution in [3.8, 4) is 0 Å². The van der Waals surface area contributed by atoms with Gasteiger partial charge >= 0.3 is 7.82 Å². The molecule has 0 aromatic heterocycles. The Kier molecular flexibility index (Phi) is 2.95. The Bertz CT molecular complexity index is 368. The Hall–Kier alpha value is -0.280. The molecule has 0 fully saturated rings. The fourth-order valence-electron chi connectivity index (χ4n) is 1.81. The predicted octanol–water partition coefficient (Wildman–Crippen LogP) is 3.06. The molecule has 0 radical (unpaired) electrons. The molecule has 0 saturated carbocycles. The zero-order valence-corrected chi connectivity index (χ0v) is 10.1. The average Bonchev–Trinajstić information content (AvgIpc) is 2.70. The van der Waals surface area contributed by atoms with Crippen molar-refractivity contribution in [2.45, 2.75) is 6.42 Å². The number of fused-ring (bicyclic) bond motifs is 1. The standard InChI is InChI=1S/C9H12ClO4P/c1-12-15(11,13-2)14-9-7-5-3-4-6(7)8(9)10/h3-4,6-7H,5H2,1-2H3/t6-,7+/m1/s1. The molecule has 0 saturated heterocycles. The third-order valence-corrected chi connectivity index (χ3v) is 4.44. The molecule has 0 spiro atoms. The summed E-state index contributed by atoms with van der Waals surface area (Å²) >= 11 is 6.01. The van der Waals surface area contributed by atoms with Gasteiger partial charge in [-0.15, -0.1) is 0 Å². The highest BCUT2D eigenvalue weighted by atomic mass is 35.5. The van der Waals surface area contributed by atoms with Gasteiger partial charge in [0.25, 0.3) is 0 Å². The molecule has 0 heterocycles. The molecular formula is C9H12ClO4P. The molecule has 2 atom stereocenters. The summed E-state index contributed by atoms with van der Waals surface area (Å²) in [6, 6.07) is 0. The zero-order valence-electron chi connectivity index (χ0n) is 8.47. The number of hydrogen-bond acceptors (Lipinski definition) is 4. The van der Waals surface area contributed by atoms with E-state index in [2.05, 4.69) is 9.05 Å². The minimum absolute atomic E-state index is 0.205. The normalized spacial score (nSPS) is 29.0. The van der Waals surface area contributed by atoms with Crippen LogP contribution in [0.3, 0.4) is 0 Å². The maximum Gasteiger partial charge on any atom is 0.529 e. The molecule has 84 valence electrons. The third kappa shape index (κ3) is 1.76. The van der Waals surface area contributed by atoms with Crippen LogP contribution in [0.1, 0.15) is 6.42 Å². The Labute approximate surface area is 93.5 Å². The summed E-state index contributed by atoms with van der Waals surface area (Å²) in [5, 5.41) is 0.600. The van der Waals surface area contributed by atoms with Gasteiger partial charge in [0.2, 0.25) is 0 Å². The van der Waals surface area contributed by atoms with E-state index in [4.69, 9.17) is 16.1 Å². The van der Waals surface area contributed by atoms with E-state index in [9.17, 15) is 4.57 Å². The van der Waals surface area contributed by atoms with Gasteiger partial charge in [-0.05, 0) is 6.42 Å². The number of phosphoric acid groups is 1. The summed E-state index contributed by atoms with van der Waals surface area (Å²) in [5.41, 5.74) is 0. The van der Waals surface area contributed by atoms with Crippen LogP contribution in [0.2, 0.25) is 0 Å². The van der Waals surface area contributed by atoms with Gasteiger partial charge in [-0.1, -0.05) is 23.8 Å². The highest BCUT2D eigenvalue weighted by molar-refractivity contribution is 7.48. The molecule has 6 heteroatoms. The molecule has 0 amide bonds. The third-order valence-electron chi connectivity index (χ3n) is 2.69. The Morgan fingerprint density at radius 2 is 2.13 bits per heavy atom. The number of rotatable bonds is 4. The second kappa shape index (κ2) is 3.95. The van der Waals surface area contributed by atoms with Crippen LogP contribution in [-0.2, 0) is 18.1 Å². The maximum absolute atomic E-state index is 11.7. The summed E-state index contributed by atoms with van der Waals surface area (Å²) in [6.07, 6.45) is 4.94. The van der Waals surface area contributed by atoms with Gasteiger partial charge in [-0.2, -0.15) is 0 Å². The molecule has 0 aromatic rings. The van der Waals surface area contributed by atoms with E-state index >= 15 is 0 Å². The molecule has 0 bridgehead atoms. The summed E-state index contributed by atoms with van der Waals surface area (Å²) < 4.78 is 26.3. The summed E-state index contributed by atoms with van der Waals surface area (Å²) in [6.45, 7) is 0. The Balaban J connectivity index is 2.12. The number of hydrogen-bond donors (Lipinski definition) is 0. The minimum atomic E-state index is -3.46. The Morgan fingerprint density at radius 3 is 2.73 bits per heavy atom. The first-order valence-electron chi connectivity index (χ1n) is 4.58. The van der Waals surface area contributed by atoms with Crippen LogP contribution in [0.4, 0.5) is 0 Å². The van der Waals surface area contributed by atoms with Crippen molar-refractivity contribution in [3.05, 3.63) is 22.9 Å². The molecule has 15 heavy (non-hydrogen) atoms. The lowest BCUT2D eigenvalue weighted by Gasteiger charge is -2.34. The van der Waals surface area contributed by atoms with Gasteiger partial charge in [0.15, 0.2) is 0 Å². The van der Waals surface area contributed by atoms with Crippen LogP contribution in [0.15, 0.2) is 22.9 Å². The van der Waals surface area contributed by atoms with Crippen molar-refractivity contribution in [1.29, 1.82) is 0 Å². The van der Waals surface area contributed by atoms with E-state index in [-0.39, 0.29) is 11.8 Å². The SMILES string of the molecule is COP(=O)(OC)OC1=C(Cl)[C@@H]2C=CC[C@H]12. The quantitative estimate of drug-likeness (QED) is 0.568. The molecule has 0 aliphatic heterocycles. The van der Waals surface area contributed by atoms with E-state index in [0.717, 1.165) is 6.42 Å². The van der Waals surface area contributed by atoms with Gasteiger partial charge in [0, 0.05) is 26.1 Å². The summed E-state index contributed by atoms with van der Waals surface area (Å²) in [5.74, 6) is 0.971. The fourth-order valence-corrected chi connectivity index (χ4v) is 3.04. The smallest absolute Gasteiger partial charge is 0.407 e. The van der Waals surface area contributed by atoms with Crippen molar-refractivity contribution < 1.29 is 18.1 Å². The van der Waals surface area contributed by atoms with Crippen molar-refractivity contribution in [1.82, 2.24) is 0 Å². The number of halogens is 1. The lowest BCUT2D eigenvalue weighted by atomic mass is 9.82. The first kappa shape index (κ1) is 11.2. The van der Waals surface area contributed by atoms with E-state index < -0.39 is 7.82 Å². The zero-order chi connectivity index (χ0) is 11.1. The molecule has 0 unspecified atom stereocenters. The van der Waals surface area contributed by atoms with Crippen molar-refractivity contribution in [2.24, 2.45) is 11.8 Å². The lowest BCUT2D eigenvalue weighted by Crippen LogP contribution is -2.25. The van der Waals surface area contributed by atoms with Crippen LogP contribution in [0, 0.1) is 11.8 Å². The van der Waals surface area contributed by atoms with E-state index in [1.54, 1.807) is 0 Å². The van der Waals surface area contributed by atoms with Crippen LogP contribution in [0.5, 0.6) is 0 Å². The summed E-state index contributed by atoms with van der Waals surface area (Å²) in [7, 11) is -0.900. The molecule has 0 aromatic carbocycles. The van der Waals surface area contributed by atoms with E-state index in [0.29, 0.717) is 10.8 Å². The minimum Gasteiger partial charge on any atom is -0.407 e. The van der Waals surface area contributed by atoms with Crippen molar-refractivity contribution in [2.75, 3.05) is 14.2 Å². The van der Waals surface area contributed by atoms with Crippen LogP contribution < -0.4 is 0 Å². The van der Waals surface area contributed by atoms with Gasteiger partial charge < -0.3 is 4.52 Å². The lowest BCUT2D eigenvalue weighted by molar-refractivity contribution is 0.155. The Morgan fingerprint density at radius 1 is 1.47 bits per heavy atom.